The molecule has 0 fully saturated rings. The van der Waals surface area contributed by atoms with E-state index in [4.69, 9.17) is 0 Å². The lowest BCUT2D eigenvalue weighted by Gasteiger charge is -2.11. The van der Waals surface area contributed by atoms with Crippen molar-refractivity contribution in [1.82, 2.24) is 0 Å². The molecule has 0 aliphatic heterocycles. The van der Waals surface area contributed by atoms with E-state index in [1.54, 1.807) is 6.92 Å². The second-order valence-corrected chi connectivity index (χ2v) is 2.93. The third-order valence-electron chi connectivity index (χ3n) is 1.50. The van der Waals surface area contributed by atoms with Gasteiger partial charge in [0.2, 0.25) is 5.76 Å². The molecule has 0 aromatic heterocycles. The number of ether oxygens (including phenoxy) is 1. The van der Waals surface area contributed by atoms with Crippen LogP contribution < -0.4 is 0 Å². The molecule has 0 amide bonds. The summed E-state index contributed by atoms with van der Waals surface area (Å²) in [5.41, 5.74) is 0. The first-order valence-electron chi connectivity index (χ1n) is 4.43. The number of unbranched alkanes of at least 4 members (excludes halogenated alkanes) is 1. The van der Waals surface area contributed by atoms with E-state index in [1.807, 2.05) is 0 Å². The molecule has 88 valence electrons. The van der Waals surface area contributed by atoms with Crippen LogP contribution in [0, 0.1) is 0 Å². The molecular formula is C9H12F4O2. The highest BCUT2D eigenvalue weighted by Crippen LogP contribution is 2.31. The Morgan fingerprint density at radius 3 is 2.20 bits per heavy atom. The summed E-state index contributed by atoms with van der Waals surface area (Å²) >= 11 is 0. The maximum Gasteiger partial charge on any atom is 0.452 e. The number of allylic oxidation sites excluding steroid dienone is 2. The Balaban J connectivity index is 4.81. The molecule has 0 heterocycles. The first kappa shape index (κ1) is 13.9. The second-order valence-electron chi connectivity index (χ2n) is 2.93. The van der Waals surface area contributed by atoms with Gasteiger partial charge in [-0.25, -0.2) is 4.39 Å². The van der Waals surface area contributed by atoms with Gasteiger partial charge in [-0.1, -0.05) is 13.3 Å². The van der Waals surface area contributed by atoms with Crippen molar-refractivity contribution in [3.8, 4) is 0 Å². The molecule has 0 atom stereocenters. The minimum atomic E-state index is -4.97. The molecule has 0 aliphatic carbocycles. The van der Waals surface area contributed by atoms with Crippen LogP contribution in [0.4, 0.5) is 17.6 Å². The van der Waals surface area contributed by atoms with Gasteiger partial charge in [-0.05, 0) is 6.42 Å². The number of carbonyl (C=O) groups is 1. The third-order valence-corrected chi connectivity index (χ3v) is 1.50. The lowest BCUT2D eigenvalue weighted by molar-refractivity contribution is -0.159. The van der Waals surface area contributed by atoms with Crippen molar-refractivity contribution in [3.05, 3.63) is 11.6 Å². The molecule has 0 saturated heterocycles. The molecule has 6 heteroatoms. The Hall–Kier alpha value is -1.07. The molecular weight excluding hydrogens is 216 g/mol. The summed E-state index contributed by atoms with van der Waals surface area (Å²) in [7, 11) is 0. The van der Waals surface area contributed by atoms with Gasteiger partial charge in [0.15, 0.2) is 0 Å². The second kappa shape index (κ2) is 5.72. The summed E-state index contributed by atoms with van der Waals surface area (Å²) in [6.07, 6.45) is -4.52. The average Bonchev–Trinajstić information content (AvgIpc) is 2.08. The fourth-order valence-electron chi connectivity index (χ4n) is 0.856. The zero-order chi connectivity index (χ0) is 12.1. The van der Waals surface area contributed by atoms with E-state index < -0.39 is 23.7 Å². The van der Waals surface area contributed by atoms with Gasteiger partial charge in [0.25, 0.3) is 0 Å². The van der Waals surface area contributed by atoms with E-state index in [9.17, 15) is 22.4 Å². The summed E-state index contributed by atoms with van der Waals surface area (Å²) in [6.45, 7) is 2.51. The first-order chi connectivity index (χ1) is 6.79. The Kier molecular flexibility index (Phi) is 5.32. The zero-order valence-corrected chi connectivity index (χ0v) is 8.45. The summed E-state index contributed by atoms with van der Waals surface area (Å²) < 4.78 is 53.4. The monoisotopic (exact) mass is 228 g/mol. The molecule has 0 aliphatic rings. The van der Waals surface area contributed by atoms with Gasteiger partial charge >= 0.3 is 12.1 Å². The van der Waals surface area contributed by atoms with Crippen molar-refractivity contribution in [1.29, 1.82) is 0 Å². The summed E-state index contributed by atoms with van der Waals surface area (Å²) in [5.74, 6) is -4.45. The van der Waals surface area contributed by atoms with E-state index in [0.29, 0.717) is 6.42 Å². The predicted molar refractivity (Wildman–Crippen MR) is 45.5 cm³/mol. The summed E-state index contributed by atoms with van der Waals surface area (Å²) in [5, 5.41) is 0. The van der Waals surface area contributed by atoms with Crippen LogP contribution in [0.5, 0.6) is 0 Å². The number of hydrogen-bond donors (Lipinski definition) is 0. The normalized spacial score (nSPS) is 13.5. The highest BCUT2D eigenvalue weighted by molar-refractivity contribution is 5.67. The topological polar surface area (TPSA) is 26.3 Å². The molecule has 15 heavy (non-hydrogen) atoms. The molecule has 0 spiro atoms. The van der Waals surface area contributed by atoms with Crippen molar-refractivity contribution in [2.75, 3.05) is 0 Å². The fourth-order valence-corrected chi connectivity index (χ4v) is 0.856. The molecule has 0 rings (SSSR count). The van der Waals surface area contributed by atoms with Crippen molar-refractivity contribution < 1.29 is 27.1 Å². The van der Waals surface area contributed by atoms with E-state index >= 15 is 0 Å². The number of hydrogen-bond acceptors (Lipinski definition) is 2. The van der Waals surface area contributed by atoms with E-state index in [-0.39, 0.29) is 12.8 Å². The highest BCUT2D eigenvalue weighted by Gasteiger charge is 2.40. The molecule has 0 radical (unpaired) electrons. The largest absolute Gasteiger partial charge is 0.452 e. The van der Waals surface area contributed by atoms with Gasteiger partial charge in [0, 0.05) is 13.3 Å². The maximum atomic E-state index is 13.0. The Labute approximate surface area is 84.9 Å². The van der Waals surface area contributed by atoms with Crippen molar-refractivity contribution in [2.45, 2.75) is 39.3 Å². The third kappa shape index (κ3) is 5.39. The Bertz CT molecular complexity index is 255. The van der Waals surface area contributed by atoms with E-state index in [2.05, 4.69) is 4.74 Å². The number of alkyl halides is 3. The van der Waals surface area contributed by atoms with Crippen LogP contribution in [0.3, 0.4) is 0 Å². The number of carbonyl (C=O) groups excluding carboxylic acids is 1. The fraction of sp³-hybridized carbons (Fsp3) is 0.667. The maximum absolute atomic E-state index is 13.0. The van der Waals surface area contributed by atoms with Gasteiger partial charge in [0.05, 0.1) is 0 Å². The minimum Gasteiger partial charge on any atom is -0.419 e. The number of esters is 1. The Morgan fingerprint density at radius 1 is 1.33 bits per heavy atom. The smallest absolute Gasteiger partial charge is 0.419 e. The Morgan fingerprint density at radius 2 is 1.87 bits per heavy atom. The van der Waals surface area contributed by atoms with Crippen molar-refractivity contribution in [3.63, 3.8) is 0 Å². The first-order valence-corrected chi connectivity index (χ1v) is 4.43. The lowest BCUT2D eigenvalue weighted by atomic mass is 10.2. The van der Waals surface area contributed by atoms with Crippen LogP contribution >= 0.6 is 0 Å². The van der Waals surface area contributed by atoms with Gasteiger partial charge in [0.1, 0.15) is 5.83 Å². The quantitative estimate of drug-likeness (QED) is 0.418. The van der Waals surface area contributed by atoms with E-state index in [1.165, 1.54) is 0 Å². The molecule has 0 N–H and O–H groups in total. The standard InChI is InChI=1S/C9H12F4O2/c1-3-4-5-7(10)8(9(11,12)13)15-6(2)14/h3-5H2,1-2H3. The molecule has 0 unspecified atom stereocenters. The SMILES string of the molecule is CCCCC(F)=C(OC(C)=O)C(F)(F)F. The van der Waals surface area contributed by atoms with Crippen molar-refractivity contribution >= 4 is 5.97 Å². The minimum absolute atomic E-state index is 0.271. The number of halogens is 4. The van der Waals surface area contributed by atoms with Crippen LogP contribution in [0.25, 0.3) is 0 Å². The van der Waals surface area contributed by atoms with Crippen LogP contribution in [-0.4, -0.2) is 12.1 Å². The molecule has 0 bridgehead atoms. The molecule has 0 aromatic rings. The van der Waals surface area contributed by atoms with Gasteiger partial charge < -0.3 is 4.74 Å². The summed E-state index contributed by atoms with van der Waals surface area (Å²) in [6, 6.07) is 0. The highest BCUT2D eigenvalue weighted by atomic mass is 19.4. The molecule has 0 aromatic carbocycles. The lowest BCUT2D eigenvalue weighted by Crippen LogP contribution is -2.18. The van der Waals surface area contributed by atoms with Crippen LogP contribution in [0.15, 0.2) is 11.6 Å². The summed E-state index contributed by atoms with van der Waals surface area (Å²) in [4.78, 5) is 10.4. The van der Waals surface area contributed by atoms with Crippen LogP contribution in [0.2, 0.25) is 0 Å². The van der Waals surface area contributed by atoms with Gasteiger partial charge in [-0.2, -0.15) is 13.2 Å². The van der Waals surface area contributed by atoms with Crippen LogP contribution in [0.1, 0.15) is 33.1 Å². The van der Waals surface area contributed by atoms with Crippen molar-refractivity contribution in [2.24, 2.45) is 0 Å². The average molecular weight is 228 g/mol. The van der Waals surface area contributed by atoms with Gasteiger partial charge in [-0.15, -0.1) is 0 Å². The molecule has 2 nitrogen and oxygen atoms in total. The van der Waals surface area contributed by atoms with E-state index in [0.717, 1.165) is 6.92 Å². The van der Waals surface area contributed by atoms with Gasteiger partial charge in [-0.3, -0.25) is 4.79 Å². The van der Waals surface area contributed by atoms with Crippen LogP contribution in [-0.2, 0) is 9.53 Å². The predicted octanol–water partition coefficient (Wildman–Crippen LogP) is 3.48. The number of rotatable bonds is 4. The zero-order valence-electron chi connectivity index (χ0n) is 8.45. The molecule has 0 saturated carbocycles.